The molecule has 1 atom stereocenters. The van der Waals surface area contributed by atoms with Crippen LogP contribution in [0.15, 0.2) is 0 Å². The summed E-state index contributed by atoms with van der Waals surface area (Å²) >= 11 is 11.1. The van der Waals surface area contributed by atoms with Crippen LogP contribution in [0.4, 0.5) is 0 Å². The molecule has 0 rings (SSSR count). The number of rotatable bonds is 18. The highest BCUT2D eigenvalue weighted by Gasteiger charge is 2.10. The summed E-state index contributed by atoms with van der Waals surface area (Å²) in [5, 5.41) is -0.893. The standard InChI is InChI=1S/C20H38Cl2O/c1-2-3-4-5-6-7-8-9-10-11-12-13-14-15-16-17-18-19(21)20(22)23/h19H,2-18H2,1H3. The number of unbranched alkanes of at least 4 members (excludes halogenated alkanes) is 15. The third-order valence-electron chi connectivity index (χ3n) is 4.56. The molecule has 0 aromatic rings. The molecule has 0 fully saturated rings. The van der Waals surface area contributed by atoms with Crippen LogP contribution in [0.2, 0.25) is 0 Å². The van der Waals surface area contributed by atoms with Gasteiger partial charge in [0.05, 0.1) is 0 Å². The quantitative estimate of drug-likeness (QED) is 0.137. The summed E-state index contributed by atoms with van der Waals surface area (Å²) in [4.78, 5) is 10.8. The van der Waals surface area contributed by atoms with Gasteiger partial charge in [-0.1, -0.05) is 110 Å². The van der Waals surface area contributed by atoms with Crippen molar-refractivity contribution >= 4 is 28.4 Å². The predicted molar refractivity (Wildman–Crippen MR) is 105 cm³/mol. The second kappa shape index (κ2) is 18.6. The lowest BCUT2D eigenvalue weighted by Crippen LogP contribution is -2.06. The highest BCUT2D eigenvalue weighted by Crippen LogP contribution is 2.15. The van der Waals surface area contributed by atoms with Crippen LogP contribution >= 0.6 is 23.2 Å². The van der Waals surface area contributed by atoms with E-state index in [1.807, 2.05) is 0 Å². The van der Waals surface area contributed by atoms with E-state index in [0.29, 0.717) is 0 Å². The van der Waals surface area contributed by atoms with Gasteiger partial charge in [0.2, 0.25) is 5.24 Å². The van der Waals surface area contributed by atoms with Crippen LogP contribution in [0.25, 0.3) is 0 Å². The second-order valence-electron chi connectivity index (χ2n) is 6.86. The van der Waals surface area contributed by atoms with E-state index < -0.39 is 10.6 Å². The summed E-state index contributed by atoms with van der Waals surface area (Å²) < 4.78 is 0. The topological polar surface area (TPSA) is 17.1 Å². The second-order valence-corrected chi connectivity index (χ2v) is 7.76. The molecular formula is C20H38Cl2O. The third kappa shape index (κ3) is 18.4. The van der Waals surface area contributed by atoms with Gasteiger partial charge in [-0.05, 0) is 18.0 Å². The first-order valence-corrected chi connectivity index (χ1v) is 10.8. The molecule has 0 spiro atoms. The van der Waals surface area contributed by atoms with Gasteiger partial charge < -0.3 is 0 Å². The maximum Gasteiger partial charge on any atom is 0.239 e. The fourth-order valence-electron chi connectivity index (χ4n) is 2.99. The normalized spacial score (nSPS) is 12.5. The van der Waals surface area contributed by atoms with Gasteiger partial charge in [-0.2, -0.15) is 0 Å². The Kier molecular flexibility index (Phi) is 18.8. The van der Waals surface area contributed by atoms with Gasteiger partial charge in [-0.25, -0.2) is 0 Å². The van der Waals surface area contributed by atoms with Crippen LogP contribution in [-0.4, -0.2) is 10.6 Å². The smallest absolute Gasteiger partial charge is 0.239 e. The Morgan fingerprint density at radius 1 is 0.652 bits per heavy atom. The Morgan fingerprint density at radius 3 is 1.26 bits per heavy atom. The molecule has 0 aromatic carbocycles. The molecule has 0 N–H and O–H groups in total. The number of carbonyl (C=O) groups is 1. The Balaban J connectivity index is 3.04. The molecule has 0 heterocycles. The number of hydrogen-bond acceptors (Lipinski definition) is 1. The molecule has 0 amide bonds. The van der Waals surface area contributed by atoms with E-state index >= 15 is 0 Å². The predicted octanol–water partition coefficient (Wildman–Crippen LogP) is 8.01. The van der Waals surface area contributed by atoms with Crippen molar-refractivity contribution in [1.82, 2.24) is 0 Å². The van der Waals surface area contributed by atoms with Crippen molar-refractivity contribution in [3.05, 3.63) is 0 Å². The highest BCUT2D eigenvalue weighted by atomic mass is 35.5. The fourth-order valence-corrected chi connectivity index (χ4v) is 3.25. The molecule has 0 saturated carbocycles. The van der Waals surface area contributed by atoms with Crippen LogP contribution in [-0.2, 0) is 4.79 Å². The monoisotopic (exact) mass is 364 g/mol. The largest absolute Gasteiger partial charge is 0.280 e. The third-order valence-corrected chi connectivity index (χ3v) is 5.35. The molecule has 0 aliphatic carbocycles. The molecule has 3 heteroatoms. The SMILES string of the molecule is CCCCCCCCCCCCCCCCCCC(Cl)C(=O)Cl. The van der Waals surface area contributed by atoms with Crippen LogP contribution in [0.5, 0.6) is 0 Å². The average molecular weight is 365 g/mol. The first-order chi connectivity index (χ1) is 11.2. The van der Waals surface area contributed by atoms with Crippen molar-refractivity contribution in [2.75, 3.05) is 0 Å². The van der Waals surface area contributed by atoms with Crippen molar-refractivity contribution in [3.63, 3.8) is 0 Å². The summed E-state index contributed by atoms with van der Waals surface area (Å²) in [5.41, 5.74) is 0. The zero-order valence-corrected chi connectivity index (χ0v) is 16.8. The molecule has 0 aromatic heterocycles. The van der Waals surface area contributed by atoms with Gasteiger partial charge in [0.1, 0.15) is 5.38 Å². The van der Waals surface area contributed by atoms with E-state index in [4.69, 9.17) is 23.2 Å². The Morgan fingerprint density at radius 2 is 0.957 bits per heavy atom. The van der Waals surface area contributed by atoms with Gasteiger partial charge >= 0.3 is 0 Å². The average Bonchev–Trinajstić information content (AvgIpc) is 2.54. The van der Waals surface area contributed by atoms with Gasteiger partial charge in [-0.3, -0.25) is 4.79 Å². The first kappa shape index (κ1) is 23.2. The molecule has 1 nitrogen and oxygen atoms in total. The number of carbonyl (C=O) groups excluding carboxylic acids is 1. The van der Waals surface area contributed by atoms with E-state index in [-0.39, 0.29) is 0 Å². The summed E-state index contributed by atoms with van der Waals surface area (Å²) in [7, 11) is 0. The van der Waals surface area contributed by atoms with Gasteiger partial charge in [0.15, 0.2) is 0 Å². The minimum Gasteiger partial charge on any atom is -0.280 e. The maximum atomic E-state index is 10.8. The van der Waals surface area contributed by atoms with Gasteiger partial charge in [0, 0.05) is 0 Å². The van der Waals surface area contributed by atoms with Gasteiger partial charge in [0.25, 0.3) is 0 Å². The van der Waals surface area contributed by atoms with E-state index in [2.05, 4.69) is 6.92 Å². The number of hydrogen-bond donors (Lipinski definition) is 0. The lowest BCUT2D eigenvalue weighted by atomic mass is 10.0. The molecule has 138 valence electrons. The Hall–Kier alpha value is 0.250. The van der Waals surface area contributed by atoms with Crippen LogP contribution in [0.3, 0.4) is 0 Å². The van der Waals surface area contributed by atoms with Crippen molar-refractivity contribution in [2.24, 2.45) is 0 Å². The maximum absolute atomic E-state index is 10.8. The summed E-state index contributed by atoms with van der Waals surface area (Å²) in [6.45, 7) is 2.28. The molecular weight excluding hydrogens is 327 g/mol. The summed E-state index contributed by atoms with van der Waals surface area (Å²) in [6.07, 6.45) is 22.4. The minimum atomic E-state index is -0.483. The lowest BCUT2D eigenvalue weighted by Gasteiger charge is -2.05. The Labute approximate surface area is 154 Å². The van der Waals surface area contributed by atoms with Crippen molar-refractivity contribution in [3.8, 4) is 0 Å². The minimum absolute atomic E-state index is 0.410. The summed E-state index contributed by atoms with van der Waals surface area (Å²) in [6, 6.07) is 0. The highest BCUT2D eigenvalue weighted by molar-refractivity contribution is 6.69. The van der Waals surface area contributed by atoms with Crippen LogP contribution in [0.1, 0.15) is 116 Å². The van der Waals surface area contributed by atoms with E-state index in [0.717, 1.165) is 12.8 Å². The van der Waals surface area contributed by atoms with Crippen LogP contribution < -0.4 is 0 Å². The van der Waals surface area contributed by atoms with Gasteiger partial charge in [-0.15, -0.1) is 11.6 Å². The number of halogens is 2. The first-order valence-electron chi connectivity index (χ1n) is 10.0. The molecule has 0 aliphatic heterocycles. The molecule has 0 aliphatic rings. The molecule has 0 saturated heterocycles. The van der Waals surface area contributed by atoms with E-state index in [9.17, 15) is 4.79 Å². The van der Waals surface area contributed by atoms with Crippen molar-refractivity contribution < 1.29 is 4.79 Å². The van der Waals surface area contributed by atoms with Crippen LogP contribution in [0, 0.1) is 0 Å². The van der Waals surface area contributed by atoms with E-state index in [1.54, 1.807) is 0 Å². The number of alkyl halides is 1. The molecule has 23 heavy (non-hydrogen) atoms. The zero-order chi connectivity index (χ0) is 17.2. The molecule has 0 radical (unpaired) electrons. The van der Waals surface area contributed by atoms with Crippen molar-refractivity contribution in [1.29, 1.82) is 0 Å². The zero-order valence-electron chi connectivity index (χ0n) is 15.3. The van der Waals surface area contributed by atoms with E-state index in [1.165, 1.54) is 96.3 Å². The molecule has 1 unspecified atom stereocenters. The fraction of sp³-hybridized carbons (Fsp3) is 0.950. The van der Waals surface area contributed by atoms with Crippen molar-refractivity contribution in [2.45, 2.75) is 121 Å². The lowest BCUT2D eigenvalue weighted by molar-refractivity contribution is -0.111. The Bertz CT molecular complexity index is 256. The summed E-state index contributed by atoms with van der Waals surface area (Å²) in [5.74, 6) is 0. The molecule has 0 bridgehead atoms.